The van der Waals surface area contributed by atoms with E-state index in [1.165, 1.54) is 31.6 Å². The number of halogens is 1. The fraction of sp³-hybridized carbons (Fsp3) is 0.688. The lowest BCUT2D eigenvalue weighted by molar-refractivity contribution is 0.102. The van der Waals surface area contributed by atoms with Crippen LogP contribution in [0.15, 0.2) is 6.07 Å². The number of hydrogen-bond acceptors (Lipinski definition) is 2. The van der Waals surface area contributed by atoms with Gasteiger partial charge in [0.25, 0.3) is 0 Å². The van der Waals surface area contributed by atoms with Gasteiger partial charge in [-0.1, -0.05) is 6.92 Å². The van der Waals surface area contributed by atoms with Crippen molar-refractivity contribution >= 4 is 17.4 Å². The minimum absolute atomic E-state index is 0.0341. The number of aryl methyl sites for hydroxylation is 1. The zero-order valence-corrected chi connectivity index (χ0v) is 13.5. The van der Waals surface area contributed by atoms with Crippen molar-refractivity contribution in [1.29, 1.82) is 0 Å². The van der Waals surface area contributed by atoms with Crippen molar-refractivity contribution in [1.82, 2.24) is 9.47 Å². The largest absolute Gasteiger partial charge is 0.348 e. The average Bonchev–Trinajstić information content (AvgIpc) is 2.75. The van der Waals surface area contributed by atoms with Crippen molar-refractivity contribution in [2.45, 2.75) is 40.2 Å². The highest BCUT2D eigenvalue weighted by Crippen LogP contribution is 2.23. The molecule has 0 aromatic carbocycles. The van der Waals surface area contributed by atoms with Gasteiger partial charge in [0.1, 0.15) is 0 Å². The van der Waals surface area contributed by atoms with Crippen LogP contribution in [0.4, 0.5) is 0 Å². The Hall–Kier alpha value is -0.800. The van der Waals surface area contributed by atoms with Crippen molar-refractivity contribution in [3.63, 3.8) is 0 Å². The van der Waals surface area contributed by atoms with Gasteiger partial charge in [-0.25, -0.2) is 0 Å². The number of hydrogen-bond donors (Lipinski definition) is 0. The van der Waals surface area contributed by atoms with Gasteiger partial charge in [-0.2, -0.15) is 0 Å². The molecule has 112 valence electrons. The Morgan fingerprint density at radius 2 is 2.00 bits per heavy atom. The Morgan fingerprint density at radius 3 is 2.55 bits per heavy atom. The number of carbonyl (C=O) groups excluding carboxylic acids is 1. The smallest absolute Gasteiger partial charge is 0.179 e. The summed E-state index contributed by atoms with van der Waals surface area (Å²) < 4.78 is 2.30. The van der Waals surface area contributed by atoms with E-state index in [1.54, 1.807) is 0 Å². The predicted molar refractivity (Wildman–Crippen MR) is 83.8 cm³/mol. The van der Waals surface area contributed by atoms with Crippen LogP contribution in [0.2, 0.25) is 0 Å². The molecule has 1 aliphatic rings. The summed E-state index contributed by atoms with van der Waals surface area (Å²) in [4.78, 5) is 14.3. The van der Waals surface area contributed by atoms with Crippen LogP contribution in [-0.2, 0) is 6.54 Å². The molecule has 0 spiro atoms. The van der Waals surface area contributed by atoms with Crippen LogP contribution >= 0.6 is 11.6 Å². The quantitative estimate of drug-likeness (QED) is 0.615. The van der Waals surface area contributed by atoms with E-state index in [0.29, 0.717) is 0 Å². The topological polar surface area (TPSA) is 25.2 Å². The maximum Gasteiger partial charge on any atom is 0.179 e. The third-order valence-corrected chi connectivity index (χ3v) is 4.83. The highest BCUT2D eigenvalue weighted by molar-refractivity contribution is 6.30. The highest BCUT2D eigenvalue weighted by atomic mass is 35.5. The molecule has 0 atom stereocenters. The summed E-state index contributed by atoms with van der Waals surface area (Å²) in [5, 5.41) is 0. The number of carbonyl (C=O) groups is 1. The molecule has 4 heteroatoms. The van der Waals surface area contributed by atoms with Gasteiger partial charge in [-0.3, -0.25) is 4.79 Å². The molecule has 1 aromatic rings. The van der Waals surface area contributed by atoms with Gasteiger partial charge in [0, 0.05) is 23.5 Å². The van der Waals surface area contributed by atoms with Crippen molar-refractivity contribution in [3.8, 4) is 0 Å². The van der Waals surface area contributed by atoms with Gasteiger partial charge in [0.05, 0.1) is 5.88 Å². The summed E-state index contributed by atoms with van der Waals surface area (Å²) >= 11 is 5.68. The lowest BCUT2D eigenvalue weighted by Gasteiger charge is -2.31. The molecule has 1 aliphatic heterocycles. The SMILES string of the molecule is CCN1CCC(Cn2c(C)cc(C(=O)CCl)c2C)CC1. The van der Waals surface area contributed by atoms with Crippen LogP contribution < -0.4 is 0 Å². The first-order valence-corrected chi connectivity index (χ1v) is 8.08. The number of likely N-dealkylation sites (tertiary alicyclic amines) is 1. The molecule has 0 saturated carbocycles. The normalized spacial score (nSPS) is 17.6. The minimum Gasteiger partial charge on any atom is -0.348 e. The highest BCUT2D eigenvalue weighted by Gasteiger charge is 2.21. The molecule has 1 aromatic heterocycles. The summed E-state index contributed by atoms with van der Waals surface area (Å²) in [6, 6.07) is 1.99. The van der Waals surface area contributed by atoms with Crippen LogP contribution in [0.5, 0.6) is 0 Å². The van der Waals surface area contributed by atoms with Gasteiger partial charge < -0.3 is 9.47 Å². The number of aromatic nitrogens is 1. The van der Waals surface area contributed by atoms with E-state index in [4.69, 9.17) is 11.6 Å². The summed E-state index contributed by atoms with van der Waals surface area (Å²) in [6.45, 7) is 10.9. The third-order valence-electron chi connectivity index (χ3n) is 4.59. The van der Waals surface area contributed by atoms with Crippen LogP contribution in [-0.4, -0.2) is 40.8 Å². The number of nitrogens with zero attached hydrogens (tertiary/aromatic N) is 2. The van der Waals surface area contributed by atoms with Crippen LogP contribution in [0.1, 0.15) is 41.5 Å². The van der Waals surface area contributed by atoms with Crippen LogP contribution in [0.25, 0.3) is 0 Å². The van der Waals surface area contributed by atoms with Crippen molar-refractivity contribution < 1.29 is 4.79 Å². The van der Waals surface area contributed by atoms with E-state index in [2.05, 4.69) is 23.3 Å². The fourth-order valence-corrected chi connectivity index (χ4v) is 3.32. The van der Waals surface area contributed by atoms with Crippen molar-refractivity contribution in [2.24, 2.45) is 5.92 Å². The molecular formula is C16H25ClN2O. The van der Waals surface area contributed by atoms with Gasteiger partial charge >= 0.3 is 0 Å². The molecule has 2 rings (SSSR count). The van der Waals surface area contributed by atoms with Gasteiger partial charge in [0.2, 0.25) is 0 Å². The van der Waals surface area contributed by atoms with E-state index < -0.39 is 0 Å². The predicted octanol–water partition coefficient (Wildman–Crippen LogP) is 3.26. The molecule has 1 fully saturated rings. The maximum atomic E-state index is 11.8. The molecule has 0 N–H and O–H groups in total. The summed E-state index contributed by atoms with van der Waals surface area (Å²) in [5.74, 6) is 0.826. The number of ketones is 1. The number of piperidine rings is 1. The standard InChI is InChI=1S/C16H25ClN2O/c1-4-18-7-5-14(6-8-18)11-19-12(2)9-15(13(19)3)16(20)10-17/h9,14H,4-8,10-11H2,1-3H3. The molecule has 3 nitrogen and oxygen atoms in total. The molecule has 1 saturated heterocycles. The summed E-state index contributed by atoms with van der Waals surface area (Å²) in [7, 11) is 0. The van der Waals surface area contributed by atoms with E-state index in [-0.39, 0.29) is 11.7 Å². The summed E-state index contributed by atoms with van der Waals surface area (Å²) in [6.07, 6.45) is 2.51. The lowest BCUT2D eigenvalue weighted by atomic mass is 9.96. The first kappa shape index (κ1) is 15.6. The average molecular weight is 297 g/mol. The van der Waals surface area contributed by atoms with E-state index in [9.17, 15) is 4.79 Å². The Kier molecular flexibility index (Phi) is 5.28. The second kappa shape index (κ2) is 6.77. The first-order chi connectivity index (χ1) is 9.56. The van der Waals surface area contributed by atoms with Crippen molar-refractivity contribution in [2.75, 3.05) is 25.5 Å². The van der Waals surface area contributed by atoms with E-state index in [0.717, 1.165) is 30.3 Å². The van der Waals surface area contributed by atoms with E-state index in [1.807, 2.05) is 13.0 Å². The Bertz CT molecular complexity index is 473. The van der Waals surface area contributed by atoms with Crippen molar-refractivity contribution in [3.05, 3.63) is 23.0 Å². The first-order valence-electron chi connectivity index (χ1n) is 7.55. The zero-order valence-electron chi connectivity index (χ0n) is 12.8. The number of Topliss-reactive ketones (excluding diaryl/α,β-unsaturated/α-hetero) is 1. The zero-order chi connectivity index (χ0) is 14.7. The van der Waals surface area contributed by atoms with E-state index >= 15 is 0 Å². The second-order valence-corrected chi connectivity index (χ2v) is 6.10. The Balaban J connectivity index is 2.07. The summed E-state index contributed by atoms with van der Waals surface area (Å²) in [5.41, 5.74) is 3.04. The molecular weight excluding hydrogens is 272 g/mol. The molecule has 0 unspecified atom stereocenters. The molecule has 2 heterocycles. The number of rotatable bonds is 5. The van der Waals surface area contributed by atoms with Gasteiger partial charge in [-0.05, 0) is 58.3 Å². The maximum absolute atomic E-state index is 11.8. The van der Waals surface area contributed by atoms with Gasteiger partial charge in [0.15, 0.2) is 5.78 Å². The Labute approximate surface area is 126 Å². The molecule has 0 bridgehead atoms. The fourth-order valence-electron chi connectivity index (χ4n) is 3.18. The Morgan fingerprint density at radius 1 is 1.35 bits per heavy atom. The lowest BCUT2D eigenvalue weighted by Crippen LogP contribution is -2.34. The van der Waals surface area contributed by atoms with Gasteiger partial charge in [-0.15, -0.1) is 11.6 Å². The molecule has 0 aliphatic carbocycles. The van der Waals surface area contributed by atoms with Crippen LogP contribution in [0.3, 0.4) is 0 Å². The van der Waals surface area contributed by atoms with Crippen LogP contribution in [0, 0.1) is 19.8 Å². The molecule has 0 radical (unpaired) electrons. The molecule has 0 amide bonds. The number of alkyl halides is 1. The minimum atomic E-state index is 0.0341. The third kappa shape index (κ3) is 3.26. The molecule has 20 heavy (non-hydrogen) atoms. The monoisotopic (exact) mass is 296 g/mol. The second-order valence-electron chi connectivity index (χ2n) is 5.83.